The fourth-order valence-electron chi connectivity index (χ4n) is 3.16. The smallest absolute Gasteiger partial charge is 0.260 e. The predicted molar refractivity (Wildman–Crippen MR) is 110 cm³/mol. The van der Waals surface area contributed by atoms with Crippen LogP contribution in [0, 0.1) is 6.92 Å². The molecule has 2 aromatic heterocycles. The Morgan fingerprint density at radius 3 is 2.56 bits per heavy atom. The number of rotatable bonds is 6. The largest absolute Gasteiger partial charge is 0.494 e. The summed E-state index contributed by atoms with van der Waals surface area (Å²) in [4.78, 5) is 26.6. The summed E-state index contributed by atoms with van der Waals surface area (Å²) in [5.74, 6) is 0.589. The van der Waals surface area contributed by atoms with Crippen molar-refractivity contribution in [1.82, 2.24) is 9.88 Å². The summed E-state index contributed by atoms with van der Waals surface area (Å²) in [5.41, 5.74) is 1.36. The van der Waals surface area contributed by atoms with Gasteiger partial charge in [-0.3, -0.25) is 9.59 Å². The van der Waals surface area contributed by atoms with Crippen LogP contribution < -0.4 is 15.6 Å². The van der Waals surface area contributed by atoms with Crippen LogP contribution in [0.2, 0.25) is 0 Å². The van der Waals surface area contributed by atoms with Crippen molar-refractivity contribution in [1.29, 1.82) is 0 Å². The molecule has 0 aliphatic carbocycles. The van der Waals surface area contributed by atoms with Gasteiger partial charge in [-0.05, 0) is 51.5 Å². The molecule has 3 aromatic rings. The van der Waals surface area contributed by atoms with Gasteiger partial charge in [0.15, 0.2) is 0 Å². The second-order valence-electron chi connectivity index (χ2n) is 6.38. The summed E-state index contributed by atoms with van der Waals surface area (Å²) in [5, 5.41) is 3.54. The number of ether oxygens (including phenoxy) is 1. The molecule has 5 nitrogen and oxygen atoms in total. The summed E-state index contributed by atoms with van der Waals surface area (Å²) in [6.07, 6.45) is 1.78. The number of benzene rings is 1. The molecule has 0 bridgehead atoms. The van der Waals surface area contributed by atoms with Gasteiger partial charge in [0.25, 0.3) is 11.5 Å². The van der Waals surface area contributed by atoms with Crippen molar-refractivity contribution in [3.8, 4) is 5.75 Å². The average molecular weight is 385 g/mol. The molecule has 1 amide bonds. The first-order valence-corrected chi connectivity index (χ1v) is 9.94. The lowest BCUT2D eigenvalue weighted by Gasteiger charge is -2.15. The van der Waals surface area contributed by atoms with Crippen LogP contribution in [0.5, 0.6) is 5.75 Å². The zero-order valence-electron chi connectivity index (χ0n) is 16.0. The van der Waals surface area contributed by atoms with Gasteiger partial charge in [-0.2, -0.15) is 0 Å². The van der Waals surface area contributed by atoms with E-state index in [0.29, 0.717) is 24.1 Å². The second-order valence-corrected chi connectivity index (χ2v) is 7.63. The molecule has 0 spiro atoms. The lowest BCUT2D eigenvalue weighted by Crippen LogP contribution is -2.28. The van der Waals surface area contributed by atoms with Crippen LogP contribution in [0.3, 0.4) is 0 Å². The molecule has 0 radical (unpaired) electrons. The van der Waals surface area contributed by atoms with Crippen molar-refractivity contribution >= 4 is 27.3 Å². The van der Waals surface area contributed by atoms with Gasteiger partial charge in [-0.1, -0.05) is 12.1 Å². The van der Waals surface area contributed by atoms with E-state index in [1.165, 1.54) is 11.3 Å². The van der Waals surface area contributed by atoms with Crippen LogP contribution in [0.15, 0.2) is 41.3 Å². The lowest BCUT2D eigenvalue weighted by atomic mass is 10.1. The molecule has 0 saturated carbocycles. The van der Waals surface area contributed by atoms with E-state index >= 15 is 0 Å². The number of nitrogens with zero attached hydrogens (tertiary/aromatic N) is 1. The summed E-state index contributed by atoms with van der Waals surface area (Å²) in [6.45, 7) is 8.87. The number of hydrogen-bond acceptors (Lipinski definition) is 4. The normalized spacial score (nSPS) is 12.1. The minimum absolute atomic E-state index is 0.113. The van der Waals surface area contributed by atoms with Crippen molar-refractivity contribution < 1.29 is 9.53 Å². The van der Waals surface area contributed by atoms with Crippen LogP contribution in [0.1, 0.15) is 47.6 Å². The number of pyridine rings is 1. The van der Waals surface area contributed by atoms with Gasteiger partial charge in [-0.15, -0.1) is 11.3 Å². The summed E-state index contributed by atoms with van der Waals surface area (Å²) in [6, 6.07) is 9.40. The number of amides is 1. The first-order chi connectivity index (χ1) is 13.0. The molecule has 1 N–H and O–H groups in total. The van der Waals surface area contributed by atoms with E-state index in [-0.39, 0.29) is 17.5 Å². The summed E-state index contributed by atoms with van der Waals surface area (Å²) < 4.78 is 7.93. The Hall–Kier alpha value is -2.60. The third-order valence-electron chi connectivity index (χ3n) is 4.60. The Morgan fingerprint density at radius 2 is 1.93 bits per heavy atom. The van der Waals surface area contributed by atoms with Crippen molar-refractivity contribution in [2.75, 3.05) is 6.61 Å². The standard InChI is InChI=1S/C21H24N2O3S/c1-5-23-12-11-17-19(21(23)25)18(14(4)27-17)20(24)22-13(3)15-7-9-16(10-8-15)26-6-2/h7-13H,5-6H2,1-4H3,(H,22,24)/t13-/m1/s1. The SMILES string of the molecule is CCOc1ccc([C@@H](C)NC(=O)c2c(C)sc3ccn(CC)c(=O)c23)cc1. The zero-order valence-corrected chi connectivity index (χ0v) is 16.9. The molecule has 27 heavy (non-hydrogen) atoms. The highest BCUT2D eigenvalue weighted by molar-refractivity contribution is 7.19. The maximum atomic E-state index is 13.0. The van der Waals surface area contributed by atoms with Crippen molar-refractivity contribution in [2.45, 2.75) is 40.3 Å². The number of thiophene rings is 1. The molecule has 1 aromatic carbocycles. The Morgan fingerprint density at radius 1 is 1.22 bits per heavy atom. The molecular weight excluding hydrogens is 360 g/mol. The molecular formula is C21H24N2O3S. The molecule has 0 aliphatic heterocycles. The van der Waals surface area contributed by atoms with Gasteiger partial charge in [0.1, 0.15) is 5.75 Å². The Kier molecular flexibility index (Phi) is 5.65. The minimum Gasteiger partial charge on any atom is -0.494 e. The van der Waals surface area contributed by atoms with Crippen LogP contribution in [-0.2, 0) is 6.54 Å². The fraction of sp³-hybridized carbons (Fsp3) is 0.333. The van der Waals surface area contributed by atoms with E-state index in [1.54, 1.807) is 10.8 Å². The van der Waals surface area contributed by atoms with Crippen LogP contribution in [0.25, 0.3) is 10.1 Å². The number of fused-ring (bicyclic) bond motifs is 1. The molecule has 0 unspecified atom stereocenters. The number of aromatic nitrogens is 1. The van der Waals surface area contributed by atoms with Crippen LogP contribution in [-0.4, -0.2) is 17.1 Å². The van der Waals surface area contributed by atoms with Gasteiger partial charge < -0.3 is 14.6 Å². The number of nitrogens with one attached hydrogen (secondary N) is 1. The fourth-order valence-corrected chi connectivity index (χ4v) is 4.21. The molecule has 0 saturated heterocycles. The van der Waals surface area contributed by atoms with Crippen LogP contribution in [0.4, 0.5) is 0 Å². The highest BCUT2D eigenvalue weighted by Crippen LogP contribution is 2.29. The first-order valence-electron chi connectivity index (χ1n) is 9.12. The Labute approximate surface area is 162 Å². The average Bonchev–Trinajstić information content (AvgIpc) is 3.00. The van der Waals surface area contributed by atoms with E-state index in [2.05, 4.69) is 5.32 Å². The number of carbonyl (C=O) groups is 1. The quantitative estimate of drug-likeness (QED) is 0.690. The lowest BCUT2D eigenvalue weighted by molar-refractivity contribution is 0.0941. The summed E-state index contributed by atoms with van der Waals surface area (Å²) >= 11 is 1.48. The van der Waals surface area contributed by atoms with Gasteiger partial charge in [0, 0.05) is 22.3 Å². The maximum absolute atomic E-state index is 13.0. The van der Waals surface area contributed by atoms with Gasteiger partial charge in [-0.25, -0.2) is 0 Å². The molecule has 0 fully saturated rings. The van der Waals surface area contributed by atoms with Crippen molar-refractivity contribution in [3.63, 3.8) is 0 Å². The van der Waals surface area contributed by atoms with Gasteiger partial charge in [0.2, 0.25) is 0 Å². The predicted octanol–water partition coefficient (Wildman–Crippen LogP) is 4.28. The number of hydrogen-bond donors (Lipinski definition) is 1. The van der Waals surface area contributed by atoms with E-state index < -0.39 is 0 Å². The minimum atomic E-state index is -0.217. The number of aryl methyl sites for hydroxylation is 2. The molecule has 2 heterocycles. The van der Waals surface area contributed by atoms with E-state index in [4.69, 9.17) is 4.74 Å². The number of carbonyl (C=O) groups excluding carboxylic acids is 1. The molecule has 1 atom stereocenters. The molecule has 3 rings (SSSR count). The van der Waals surface area contributed by atoms with E-state index in [0.717, 1.165) is 20.9 Å². The highest BCUT2D eigenvalue weighted by atomic mass is 32.1. The third-order valence-corrected chi connectivity index (χ3v) is 5.67. The Balaban J connectivity index is 1.89. The molecule has 0 aliphatic rings. The monoisotopic (exact) mass is 384 g/mol. The first kappa shape index (κ1) is 19.2. The topological polar surface area (TPSA) is 60.3 Å². The van der Waals surface area contributed by atoms with Gasteiger partial charge >= 0.3 is 0 Å². The summed E-state index contributed by atoms with van der Waals surface area (Å²) in [7, 11) is 0. The Bertz CT molecular complexity index is 1020. The van der Waals surface area contributed by atoms with Crippen LogP contribution >= 0.6 is 11.3 Å². The highest BCUT2D eigenvalue weighted by Gasteiger charge is 2.21. The molecule has 6 heteroatoms. The van der Waals surface area contributed by atoms with E-state index in [9.17, 15) is 9.59 Å². The second kappa shape index (κ2) is 7.96. The van der Waals surface area contributed by atoms with Crippen molar-refractivity contribution in [2.24, 2.45) is 0 Å². The van der Waals surface area contributed by atoms with Gasteiger partial charge in [0.05, 0.1) is 23.6 Å². The maximum Gasteiger partial charge on any atom is 0.260 e. The van der Waals surface area contributed by atoms with Crippen molar-refractivity contribution in [3.05, 3.63) is 62.9 Å². The zero-order chi connectivity index (χ0) is 19.6. The molecule has 142 valence electrons. The van der Waals surface area contributed by atoms with E-state index in [1.807, 2.05) is 58.0 Å². The third kappa shape index (κ3) is 3.76.